The molecule has 3 atom stereocenters. The average molecular weight is 597 g/mol. The number of aromatic nitrogens is 2. The summed E-state index contributed by atoms with van der Waals surface area (Å²) in [4.78, 5) is 0. The maximum atomic E-state index is 2.66. The van der Waals surface area contributed by atoms with Gasteiger partial charge in [-0.2, -0.15) is 0 Å². The molecule has 6 aromatic carbocycles. The molecule has 2 heterocycles. The van der Waals surface area contributed by atoms with Crippen molar-refractivity contribution in [3.05, 3.63) is 192 Å². The van der Waals surface area contributed by atoms with E-state index in [1.165, 1.54) is 82.8 Å². The Hall–Kier alpha value is -5.86. The van der Waals surface area contributed by atoms with Gasteiger partial charge in [0.1, 0.15) is 0 Å². The molecule has 0 saturated heterocycles. The third-order valence-electron chi connectivity index (χ3n) is 11.9. The summed E-state index contributed by atoms with van der Waals surface area (Å²) in [6.07, 6.45) is 7.84. The van der Waals surface area contributed by atoms with E-state index in [1.54, 1.807) is 0 Å². The van der Waals surface area contributed by atoms with Gasteiger partial charge in [-0.25, -0.2) is 0 Å². The monoisotopic (exact) mass is 596 g/mol. The molecule has 218 valence electrons. The molecule has 8 aromatic rings. The molecule has 2 aromatic heterocycles. The van der Waals surface area contributed by atoms with Crippen LogP contribution in [0, 0.1) is 0 Å². The van der Waals surface area contributed by atoms with Gasteiger partial charge in [-0.3, -0.25) is 0 Å². The van der Waals surface area contributed by atoms with E-state index in [4.69, 9.17) is 0 Å². The van der Waals surface area contributed by atoms with Crippen LogP contribution in [0.3, 0.4) is 0 Å². The SMILES string of the molecule is C1=C2C=C(n3c4ccccc4c4ccccc43)C(n3c4ccccc4c4ccccc43)=CC13c1ccccc1C31c3ccccc3C21. The van der Waals surface area contributed by atoms with Crippen LogP contribution in [0.5, 0.6) is 0 Å². The van der Waals surface area contributed by atoms with Crippen LogP contribution < -0.4 is 0 Å². The predicted molar refractivity (Wildman–Crippen MR) is 194 cm³/mol. The van der Waals surface area contributed by atoms with Gasteiger partial charge in [0.05, 0.1) is 33.5 Å². The van der Waals surface area contributed by atoms with Crippen LogP contribution in [0.2, 0.25) is 0 Å². The quantitative estimate of drug-likeness (QED) is 0.188. The van der Waals surface area contributed by atoms with Gasteiger partial charge in [0.25, 0.3) is 0 Å². The third kappa shape index (κ3) is 2.56. The fourth-order valence-corrected chi connectivity index (χ4v) is 10.3. The maximum Gasteiger partial charge on any atom is 0.0703 e. The topological polar surface area (TPSA) is 9.86 Å². The van der Waals surface area contributed by atoms with E-state index in [0.717, 1.165) is 0 Å². The highest BCUT2D eigenvalue weighted by molar-refractivity contribution is 6.17. The van der Waals surface area contributed by atoms with Crippen LogP contribution in [0.25, 0.3) is 55.0 Å². The standard InChI is InChI=1S/C45H28N2/c1-6-18-34-33(17-1)43-28-25-41(46-37-21-9-2-13-29(37)30-14-3-10-22-38(30)46)42(27-44(26-28)35-19-7-8-20-36(35)45(34,43)44)47-39-23-11-4-15-31(39)32-16-5-12-24-40(32)47/h1-27,43H. The zero-order valence-electron chi connectivity index (χ0n) is 25.6. The summed E-state index contributed by atoms with van der Waals surface area (Å²) in [6, 6.07) is 54.1. The summed E-state index contributed by atoms with van der Waals surface area (Å²) >= 11 is 0. The molecule has 2 bridgehead atoms. The smallest absolute Gasteiger partial charge is 0.0703 e. The Morgan fingerprint density at radius 1 is 0.404 bits per heavy atom. The normalized spacial score (nSPS) is 23.2. The van der Waals surface area contributed by atoms with Crippen molar-refractivity contribution in [1.82, 2.24) is 9.13 Å². The largest absolute Gasteiger partial charge is 0.307 e. The lowest BCUT2D eigenvalue weighted by molar-refractivity contribution is 0.266. The number of fused-ring (bicyclic) bond motifs is 10. The van der Waals surface area contributed by atoms with Crippen molar-refractivity contribution in [3.63, 3.8) is 0 Å². The van der Waals surface area contributed by atoms with Gasteiger partial charge >= 0.3 is 0 Å². The number of hydrogen-bond acceptors (Lipinski definition) is 0. The molecule has 0 saturated carbocycles. The lowest BCUT2D eigenvalue weighted by atomic mass is 9.36. The number of para-hydroxylation sites is 4. The summed E-state index contributed by atoms with van der Waals surface area (Å²) in [5, 5.41) is 5.13. The molecule has 2 nitrogen and oxygen atoms in total. The minimum Gasteiger partial charge on any atom is -0.307 e. The molecule has 0 radical (unpaired) electrons. The summed E-state index contributed by atoms with van der Waals surface area (Å²) in [5.41, 5.74) is 14.4. The first kappa shape index (κ1) is 24.4. The first-order valence-electron chi connectivity index (χ1n) is 16.7. The number of nitrogens with zero attached hydrogens (tertiary/aromatic N) is 2. The van der Waals surface area contributed by atoms with Gasteiger partial charge in [0, 0.05) is 38.3 Å². The van der Waals surface area contributed by atoms with Gasteiger partial charge in [-0.05, 0) is 64.2 Å². The molecule has 0 amide bonds. The Morgan fingerprint density at radius 2 is 0.851 bits per heavy atom. The van der Waals surface area contributed by atoms with Crippen LogP contribution in [0.4, 0.5) is 0 Å². The van der Waals surface area contributed by atoms with Crippen LogP contribution in [-0.2, 0) is 10.8 Å². The average Bonchev–Trinajstić information content (AvgIpc) is 3.63. The number of benzene rings is 6. The van der Waals surface area contributed by atoms with Crippen molar-refractivity contribution in [1.29, 1.82) is 0 Å². The Labute approximate surface area is 271 Å². The van der Waals surface area contributed by atoms with Crippen molar-refractivity contribution >= 4 is 55.0 Å². The molecule has 0 N–H and O–H groups in total. The number of rotatable bonds is 2. The van der Waals surface area contributed by atoms with Crippen molar-refractivity contribution in [2.24, 2.45) is 0 Å². The Kier molecular flexibility index (Phi) is 4.20. The highest BCUT2D eigenvalue weighted by Crippen LogP contribution is 2.79. The Bertz CT molecular complexity index is 2710. The van der Waals surface area contributed by atoms with Crippen LogP contribution in [0.1, 0.15) is 28.2 Å². The first-order valence-corrected chi connectivity index (χ1v) is 16.7. The second-order valence-corrected chi connectivity index (χ2v) is 13.7. The number of hydrogen-bond donors (Lipinski definition) is 0. The molecule has 12 rings (SSSR count). The van der Waals surface area contributed by atoms with E-state index in [2.05, 4.69) is 173 Å². The van der Waals surface area contributed by atoms with Crippen molar-refractivity contribution in [3.8, 4) is 0 Å². The minimum absolute atomic E-state index is 0.0810. The van der Waals surface area contributed by atoms with Crippen molar-refractivity contribution in [2.75, 3.05) is 0 Å². The van der Waals surface area contributed by atoms with Crippen molar-refractivity contribution < 1.29 is 0 Å². The molecule has 2 spiro atoms. The van der Waals surface area contributed by atoms with Gasteiger partial charge in [-0.1, -0.05) is 127 Å². The summed E-state index contributed by atoms with van der Waals surface area (Å²) in [5.74, 6) is 0.327. The van der Waals surface area contributed by atoms with E-state index >= 15 is 0 Å². The van der Waals surface area contributed by atoms with Gasteiger partial charge in [-0.15, -0.1) is 0 Å². The van der Waals surface area contributed by atoms with Gasteiger partial charge in [0.15, 0.2) is 0 Å². The lowest BCUT2D eigenvalue weighted by Crippen LogP contribution is -2.62. The molecular weight excluding hydrogens is 569 g/mol. The van der Waals surface area contributed by atoms with Gasteiger partial charge < -0.3 is 9.13 Å². The third-order valence-corrected chi connectivity index (χ3v) is 11.9. The summed E-state index contributed by atoms with van der Waals surface area (Å²) in [6.45, 7) is 0. The predicted octanol–water partition coefficient (Wildman–Crippen LogP) is 10.6. The van der Waals surface area contributed by atoms with Crippen LogP contribution in [0.15, 0.2) is 169 Å². The number of allylic oxidation sites excluding steroid dienone is 6. The first-order chi connectivity index (χ1) is 23.3. The highest BCUT2D eigenvalue weighted by Gasteiger charge is 2.74. The summed E-state index contributed by atoms with van der Waals surface area (Å²) < 4.78 is 5.09. The van der Waals surface area contributed by atoms with Crippen molar-refractivity contribution in [2.45, 2.75) is 16.7 Å². The van der Waals surface area contributed by atoms with Crippen LogP contribution in [-0.4, -0.2) is 9.13 Å². The van der Waals surface area contributed by atoms with E-state index in [9.17, 15) is 0 Å². The molecule has 4 aliphatic carbocycles. The molecule has 2 heteroatoms. The fraction of sp³-hybridized carbons (Fsp3) is 0.0667. The zero-order valence-corrected chi connectivity index (χ0v) is 25.6. The molecule has 4 aliphatic rings. The minimum atomic E-state index is -0.253. The molecule has 0 fully saturated rings. The van der Waals surface area contributed by atoms with Crippen LogP contribution >= 0.6 is 0 Å². The highest BCUT2D eigenvalue weighted by atomic mass is 15.1. The summed E-state index contributed by atoms with van der Waals surface area (Å²) in [7, 11) is 0. The lowest BCUT2D eigenvalue weighted by Gasteiger charge is -2.64. The second-order valence-electron chi connectivity index (χ2n) is 13.7. The fourth-order valence-electron chi connectivity index (χ4n) is 10.3. The zero-order chi connectivity index (χ0) is 30.5. The maximum absolute atomic E-state index is 2.66. The van der Waals surface area contributed by atoms with E-state index in [-0.39, 0.29) is 10.8 Å². The van der Waals surface area contributed by atoms with E-state index < -0.39 is 0 Å². The second kappa shape index (κ2) is 8.10. The van der Waals surface area contributed by atoms with E-state index in [0.29, 0.717) is 5.92 Å². The molecule has 0 aliphatic heterocycles. The molecular formula is C45H28N2. The Balaban J connectivity index is 1.28. The molecule has 47 heavy (non-hydrogen) atoms. The Morgan fingerprint density at radius 3 is 1.43 bits per heavy atom. The van der Waals surface area contributed by atoms with E-state index in [1.807, 2.05) is 0 Å². The molecule has 3 unspecified atom stereocenters. The van der Waals surface area contributed by atoms with Gasteiger partial charge in [0.2, 0.25) is 0 Å².